The molecule has 14 heavy (non-hydrogen) atoms. The number of hydrogen-bond donors (Lipinski definition) is 1. The molecule has 1 rings (SSSR count). The highest BCUT2D eigenvalue weighted by molar-refractivity contribution is 5.97. The van der Waals surface area contributed by atoms with Gasteiger partial charge in [0, 0.05) is 12.0 Å². The van der Waals surface area contributed by atoms with E-state index in [2.05, 4.69) is 10.3 Å². The van der Waals surface area contributed by atoms with E-state index in [0.717, 1.165) is 0 Å². The Labute approximate surface area is 83.3 Å². The van der Waals surface area contributed by atoms with Gasteiger partial charge in [-0.1, -0.05) is 26.0 Å². The first kappa shape index (κ1) is 10.8. The highest BCUT2D eigenvalue weighted by atomic mass is 16.1. The Hall–Kier alpha value is -1.23. The number of Topliss-reactive ketones (excluding diaryl/α,β-unsaturated/α-hetero) is 1. The van der Waals surface area contributed by atoms with Crippen LogP contribution in [-0.2, 0) is 6.54 Å². The molecule has 78 valence electrons. The van der Waals surface area contributed by atoms with Gasteiger partial charge in [-0.2, -0.15) is 0 Å². The lowest BCUT2D eigenvalue weighted by atomic mass is 9.89. The van der Waals surface area contributed by atoms with Crippen molar-refractivity contribution >= 4 is 5.78 Å². The predicted octanol–water partition coefficient (Wildman–Crippen LogP) is 0.466. The highest BCUT2D eigenvalue weighted by Crippen LogP contribution is 2.18. The van der Waals surface area contributed by atoms with E-state index < -0.39 is 5.41 Å². The second-order valence-electron chi connectivity index (χ2n) is 4.23. The van der Waals surface area contributed by atoms with Gasteiger partial charge in [-0.05, 0) is 0 Å². The smallest absolute Gasteiger partial charge is 0.190 e. The van der Waals surface area contributed by atoms with Crippen LogP contribution in [0.5, 0.6) is 0 Å². The SMILES string of the molecule is CC(C)(C)C(=O)c1cn(CCN)nn1. The molecule has 0 saturated heterocycles. The van der Waals surface area contributed by atoms with Crippen LogP contribution in [0.3, 0.4) is 0 Å². The molecule has 0 spiro atoms. The minimum atomic E-state index is -0.413. The van der Waals surface area contributed by atoms with Crippen LogP contribution < -0.4 is 5.73 Å². The van der Waals surface area contributed by atoms with Crippen LogP contribution in [0.1, 0.15) is 31.3 Å². The largest absolute Gasteiger partial charge is 0.329 e. The van der Waals surface area contributed by atoms with E-state index in [4.69, 9.17) is 5.73 Å². The number of hydrogen-bond acceptors (Lipinski definition) is 4. The Bertz CT molecular complexity index is 324. The Morgan fingerprint density at radius 2 is 2.21 bits per heavy atom. The van der Waals surface area contributed by atoms with E-state index in [1.807, 2.05) is 20.8 Å². The third-order valence-corrected chi connectivity index (χ3v) is 1.81. The molecule has 0 aliphatic carbocycles. The topological polar surface area (TPSA) is 73.8 Å². The number of carbonyl (C=O) groups is 1. The molecule has 0 saturated carbocycles. The van der Waals surface area contributed by atoms with Gasteiger partial charge in [-0.15, -0.1) is 5.10 Å². The van der Waals surface area contributed by atoms with Crippen molar-refractivity contribution in [3.8, 4) is 0 Å². The molecular formula is C9H16N4O. The summed E-state index contributed by atoms with van der Waals surface area (Å²) in [6.07, 6.45) is 1.64. The molecule has 1 aromatic rings. The molecule has 1 aromatic heterocycles. The molecule has 0 aliphatic rings. The number of rotatable bonds is 3. The van der Waals surface area contributed by atoms with E-state index in [0.29, 0.717) is 18.8 Å². The quantitative estimate of drug-likeness (QED) is 0.713. The maximum atomic E-state index is 11.7. The Balaban J connectivity index is 2.82. The molecule has 0 unspecified atom stereocenters. The van der Waals surface area contributed by atoms with Crippen molar-refractivity contribution in [2.75, 3.05) is 6.54 Å². The van der Waals surface area contributed by atoms with E-state index in [1.165, 1.54) is 0 Å². The second-order valence-corrected chi connectivity index (χ2v) is 4.23. The van der Waals surface area contributed by atoms with Crippen LogP contribution in [0.4, 0.5) is 0 Å². The summed E-state index contributed by atoms with van der Waals surface area (Å²) >= 11 is 0. The number of nitrogens with two attached hydrogens (primary N) is 1. The van der Waals surface area contributed by atoms with E-state index >= 15 is 0 Å². The molecular weight excluding hydrogens is 180 g/mol. The van der Waals surface area contributed by atoms with Gasteiger partial charge in [-0.3, -0.25) is 9.48 Å². The van der Waals surface area contributed by atoms with Crippen molar-refractivity contribution in [1.82, 2.24) is 15.0 Å². The zero-order valence-corrected chi connectivity index (χ0v) is 8.82. The zero-order chi connectivity index (χ0) is 10.8. The number of carbonyl (C=O) groups excluding carboxylic acids is 1. The first-order valence-electron chi connectivity index (χ1n) is 4.60. The predicted molar refractivity (Wildman–Crippen MR) is 52.9 cm³/mol. The Kier molecular flexibility index (Phi) is 3.00. The van der Waals surface area contributed by atoms with Gasteiger partial charge in [0.2, 0.25) is 0 Å². The van der Waals surface area contributed by atoms with Crippen molar-refractivity contribution in [3.63, 3.8) is 0 Å². The second kappa shape index (κ2) is 3.88. The molecule has 0 aliphatic heterocycles. The number of ketones is 1. The molecule has 5 nitrogen and oxygen atoms in total. The Morgan fingerprint density at radius 1 is 1.57 bits per heavy atom. The monoisotopic (exact) mass is 196 g/mol. The summed E-state index contributed by atoms with van der Waals surface area (Å²) in [5, 5.41) is 7.62. The molecule has 1 heterocycles. The van der Waals surface area contributed by atoms with Crippen molar-refractivity contribution in [2.45, 2.75) is 27.3 Å². The fourth-order valence-electron chi connectivity index (χ4n) is 1.03. The van der Waals surface area contributed by atoms with Crippen molar-refractivity contribution < 1.29 is 4.79 Å². The van der Waals surface area contributed by atoms with E-state index in [1.54, 1.807) is 10.9 Å². The summed E-state index contributed by atoms with van der Waals surface area (Å²) in [5.74, 6) is 0.000714. The average molecular weight is 196 g/mol. The van der Waals surface area contributed by atoms with E-state index in [-0.39, 0.29) is 5.78 Å². The van der Waals surface area contributed by atoms with Crippen molar-refractivity contribution in [1.29, 1.82) is 0 Å². The lowest BCUT2D eigenvalue weighted by molar-refractivity contribution is 0.0853. The Morgan fingerprint density at radius 3 is 2.71 bits per heavy atom. The van der Waals surface area contributed by atoms with E-state index in [9.17, 15) is 4.79 Å². The first-order valence-corrected chi connectivity index (χ1v) is 4.60. The fourth-order valence-corrected chi connectivity index (χ4v) is 1.03. The molecule has 2 N–H and O–H groups in total. The summed E-state index contributed by atoms with van der Waals surface area (Å²) in [7, 11) is 0. The molecule has 0 radical (unpaired) electrons. The molecule has 5 heteroatoms. The minimum Gasteiger partial charge on any atom is -0.329 e. The molecule has 0 atom stereocenters. The van der Waals surface area contributed by atoms with Crippen LogP contribution in [0.15, 0.2) is 6.20 Å². The maximum Gasteiger partial charge on any atom is 0.190 e. The normalized spacial score (nSPS) is 11.7. The van der Waals surface area contributed by atoms with Gasteiger partial charge in [-0.25, -0.2) is 0 Å². The summed E-state index contributed by atoms with van der Waals surface area (Å²) in [5.41, 5.74) is 5.35. The van der Waals surface area contributed by atoms with Gasteiger partial charge in [0.05, 0.1) is 12.7 Å². The molecule has 0 amide bonds. The zero-order valence-electron chi connectivity index (χ0n) is 8.82. The summed E-state index contributed by atoms with van der Waals surface area (Å²) < 4.78 is 1.58. The summed E-state index contributed by atoms with van der Waals surface area (Å²) in [4.78, 5) is 11.7. The maximum absolute atomic E-state index is 11.7. The highest BCUT2D eigenvalue weighted by Gasteiger charge is 2.25. The molecule has 0 aromatic carbocycles. The fraction of sp³-hybridized carbons (Fsp3) is 0.667. The lowest BCUT2D eigenvalue weighted by Gasteiger charge is -2.13. The lowest BCUT2D eigenvalue weighted by Crippen LogP contribution is -2.20. The van der Waals surface area contributed by atoms with Crippen LogP contribution >= 0.6 is 0 Å². The van der Waals surface area contributed by atoms with Crippen LogP contribution in [0.2, 0.25) is 0 Å². The van der Waals surface area contributed by atoms with Crippen LogP contribution in [0.25, 0.3) is 0 Å². The van der Waals surface area contributed by atoms with Crippen LogP contribution in [-0.4, -0.2) is 27.3 Å². The van der Waals surface area contributed by atoms with Crippen LogP contribution in [0, 0.1) is 5.41 Å². The van der Waals surface area contributed by atoms with Gasteiger partial charge >= 0.3 is 0 Å². The third-order valence-electron chi connectivity index (χ3n) is 1.81. The standard InChI is InChI=1S/C9H16N4O/c1-9(2,3)8(14)7-6-13(5-4-10)12-11-7/h6H,4-5,10H2,1-3H3. The number of nitrogens with zero attached hydrogens (tertiary/aromatic N) is 3. The summed E-state index contributed by atoms with van der Waals surface area (Å²) in [6.45, 7) is 6.66. The van der Waals surface area contributed by atoms with Gasteiger partial charge in [0.1, 0.15) is 5.69 Å². The minimum absolute atomic E-state index is 0.000714. The van der Waals surface area contributed by atoms with Gasteiger partial charge < -0.3 is 5.73 Å². The van der Waals surface area contributed by atoms with Crippen molar-refractivity contribution in [3.05, 3.63) is 11.9 Å². The molecule has 0 fully saturated rings. The first-order chi connectivity index (χ1) is 6.45. The summed E-state index contributed by atoms with van der Waals surface area (Å²) in [6, 6.07) is 0. The average Bonchev–Trinajstić information content (AvgIpc) is 2.50. The van der Waals surface area contributed by atoms with Gasteiger partial charge in [0.15, 0.2) is 5.78 Å². The van der Waals surface area contributed by atoms with Crippen molar-refractivity contribution in [2.24, 2.45) is 11.1 Å². The van der Waals surface area contributed by atoms with Gasteiger partial charge in [0.25, 0.3) is 0 Å². The third kappa shape index (κ3) is 2.38. The molecule has 0 bridgehead atoms. The number of aromatic nitrogens is 3.